The molecule has 0 N–H and O–H groups in total. The molecule has 1 aliphatic rings. The van der Waals surface area contributed by atoms with Crippen molar-refractivity contribution < 1.29 is 14.3 Å². The molecule has 0 radical (unpaired) electrons. The Morgan fingerprint density at radius 2 is 2.23 bits per heavy atom. The molecule has 0 saturated carbocycles. The number of methoxy groups -OCH3 is 1. The van der Waals surface area contributed by atoms with Crippen LogP contribution in [0.2, 0.25) is 0 Å². The van der Waals surface area contributed by atoms with Gasteiger partial charge in [0.2, 0.25) is 0 Å². The van der Waals surface area contributed by atoms with E-state index >= 15 is 0 Å². The SMILES string of the molecule is CCOC(=O)c1nn(Cc2ccccn2)c2c1CN(C(C)COC)CC2. The van der Waals surface area contributed by atoms with E-state index < -0.39 is 0 Å². The summed E-state index contributed by atoms with van der Waals surface area (Å²) in [7, 11) is 1.71. The minimum Gasteiger partial charge on any atom is -0.461 e. The smallest absolute Gasteiger partial charge is 0.359 e. The van der Waals surface area contributed by atoms with Gasteiger partial charge in [-0.05, 0) is 26.0 Å². The Hall–Kier alpha value is -2.25. The Bertz CT molecular complexity index is 745. The van der Waals surface area contributed by atoms with E-state index in [1.165, 1.54) is 0 Å². The number of carbonyl (C=O) groups is 1. The number of hydrogen-bond donors (Lipinski definition) is 0. The van der Waals surface area contributed by atoms with Crippen molar-refractivity contribution in [3.63, 3.8) is 0 Å². The maximum absolute atomic E-state index is 12.4. The lowest BCUT2D eigenvalue weighted by molar-refractivity contribution is 0.0513. The van der Waals surface area contributed by atoms with E-state index in [0.29, 0.717) is 32.0 Å². The molecule has 0 aromatic carbocycles. The van der Waals surface area contributed by atoms with Crippen molar-refractivity contribution in [3.8, 4) is 0 Å². The van der Waals surface area contributed by atoms with E-state index in [-0.39, 0.29) is 12.0 Å². The van der Waals surface area contributed by atoms with Crippen LogP contribution in [-0.4, -0.2) is 58.5 Å². The number of rotatable bonds is 7. The van der Waals surface area contributed by atoms with Crippen LogP contribution >= 0.6 is 0 Å². The van der Waals surface area contributed by atoms with Crippen molar-refractivity contribution in [2.45, 2.75) is 39.4 Å². The van der Waals surface area contributed by atoms with Crippen molar-refractivity contribution in [2.75, 3.05) is 26.9 Å². The monoisotopic (exact) mass is 358 g/mol. The molecule has 3 rings (SSSR count). The maximum atomic E-state index is 12.4. The predicted octanol–water partition coefficient (Wildman–Crippen LogP) is 1.90. The lowest BCUT2D eigenvalue weighted by Gasteiger charge is -2.32. The molecule has 1 unspecified atom stereocenters. The van der Waals surface area contributed by atoms with E-state index in [1.807, 2.05) is 29.8 Å². The average Bonchev–Trinajstić information content (AvgIpc) is 3.01. The molecule has 0 bridgehead atoms. The zero-order chi connectivity index (χ0) is 18.5. The summed E-state index contributed by atoms with van der Waals surface area (Å²) in [5, 5.41) is 4.59. The summed E-state index contributed by atoms with van der Waals surface area (Å²) in [6.45, 7) is 7.08. The highest BCUT2D eigenvalue weighted by Gasteiger charge is 2.30. The second kappa shape index (κ2) is 8.42. The summed E-state index contributed by atoms with van der Waals surface area (Å²) >= 11 is 0. The number of carbonyl (C=O) groups excluding carboxylic acids is 1. The van der Waals surface area contributed by atoms with E-state index in [0.717, 1.165) is 29.9 Å². The first-order chi connectivity index (χ1) is 12.6. The van der Waals surface area contributed by atoms with Crippen LogP contribution in [-0.2, 0) is 29.0 Å². The molecule has 2 aromatic heterocycles. The molecule has 3 heterocycles. The van der Waals surface area contributed by atoms with Crippen molar-refractivity contribution >= 4 is 5.97 Å². The molecular formula is C19H26N4O3. The molecular weight excluding hydrogens is 332 g/mol. The van der Waals surface area contributed by atoms with Gasteiger partial charge in [-0.1, -0.05) is 6.07 Å². The Balaban J connectivity index is 1.91. The summed E-state index contributed by atoms with van der Waals surface area (Å²) in [6, 6.07) is 6.09. The third-order valence-electron chi connectivity index (χ3n) is 4.70. The molecule has 7 nitrogen and oxygen atoms in total. The summed E-state index contributed by atoms with van der Waals surface area (Å²) in [6.07, 6.45) is 2.61. The van der Waals surface area contributed by atoms with Crippen LogP contribution in [0.4, 0.5) is 0 Å². The zero-order valence-corrected chi connectivity index (χ0v) is 15.6. The lowest BCUT2D eigenvalue weighted by atomic mass is 10.0. The van der Waals surface area contributed by atoms with Crippen molar-refractivity contribution in [1.82, 2.24) is 19.7 Å². The van der Waals surface area contributed by atoms with Crippen molar-refractivity contribution in [2.24, 2.45) is 0 Å². The fourth-order valence-corrected chi connectivity index (χ4v) is 3.37. The Kier molecular flexibility index (Phi) is 6.00. The lowest BCUT2D eigenvalue weighted by Crippen LogP contribution is -2.40. The van der Waals surface area contributed by atoms with E-state index in [9.17, 15) is 4.79 Å². The number of hydrogen-bond acceptors (Lipinski definition) is 6. The molecule has 0 spiro atoms. The second-order valence-corrected chi connectivity index (χ2v) is 6.50. The number of pyridine rings is 1. The molecule has 0 aliphatic carbocycles. The molecule has 1 atom stereocenters. The van der Waals surface area contributed by atoms with Gasteiger partial charge in [0.1, 0.15) is 0 Å². The van der Waals surface area contributed by atoms with Gasteiger partial charge in [0.15, 0.2) is 5.69 Å². The summed E-state index contributed by atoms with van der Waals surface area (Å²) < 4.78 is 12.4. The molecule has 0 amide bonds. The largest absolute Gasteiger partial charge is 0.461 e. The molecule has 26 heavy (non-hydrogen) atoms. The first kappa shape index (κ1) is 18.5. The highest BCUT2D eigenvalue weighted by molar-refractivity contribution is 5.89. The van der Waals surface area contributed by atoms with Crippen LogP contribution in [0.5, 0.6) is 0 Å². The van der Waals surface area contributed by atoms with Gasteiger partial charge in [0.25, 0.3) is 0 Å². The fourth-order valence-electron chi connectivity index (χ4n) is 3.37. The normalized spacial score (nSPS) is 15.5. The zero-order valence-electron chi connectivity index (χ0n) is 15.6. The molecule has 0 fully saturated rings. The van der Waals surface area contributed by atoms with Gasteiger partial charge >= 0.3 is 5.97 Å². The fraction of sp³-hybridized carbons (Fsp3) is 0.526. The minimum absolute atomic E-state index is 0.280. The Morgan fingerprint density at radius 1 is 1.38 bits per heavy atom. The molecule has 7 heteroatoms. The first-order valence-corrected chi connectivity index (χ1v) is 9.02. The topological polar surface area (TPSA) is 69.5 Å². The Morgan fingerprint density at radius 3 is 2.92 bits per heavy atom. The highest BCUT2D eigenvalue weighted by Crippen LogP contribution is 2.25. The van der Waals surface area contributed by atoms with Gasteiger partial charge in [-0.25, -0.2) is 4.79 Å². The molecule has 2 aromatic rings. The van der Waals surface area contributed by atoms with E-state index in [2.05, 4.69) is 21.9 Å². The summed E-state index contributed by atoms with van der Waals surface area (Å²) in [5.74, 6) is -0.357. The van der Waals surface area contributed by atoms with Crippen molar-refractivity contribution in [1.29, 1.82) is 0 Å². The second-order valence-electron chi connectivity index (χ2n) is 6.50. The summed E-state index contributed by atoms with van der Waals surface area (Å²) in [4.78, 5) is 19.1. The minimum atomic E-state index is -0.357. The third-order valence-corrected chi connectivity index (χ3v) is 4.70. The van der Waals surface area contributed by atoms with Gasteiger partial charge in [-0.2, -0.15) is 5.10 Å². The van der Waals surface area contributed by atoms with Crippen LogP contribution in [0.15, 0.2) is 24.4 Å². The average molecular weight is 358 g/mol. The number of aromatic nitrogens is 3. The van der Waals surface area contributed by atoms with Gasteiger partial charge in [0.05, 0.1) is 25.5 Å². The Labute approximate surface area is 153 Å². The van der Waals surface area contributed by atoms with Gasteiger partial charge in [-0.15, -0.1) is 0 Å². The van der Waals surface area contributed by atoms with Gasteiger partial charge in [-0.3, -0.25) is 14.6 Å². The number of fused-ring (bicyclic) bond motifs is 1. The van der Waals surface area contributed by atoms with Crippen LogP contribution in [0.25, 0.3) is 0 Å². The highest BCUT2D eigenvalue weighted by atomic mass is 16.5. The van der Waals surface area contributed by atoms with Crippen LogP contribution in [0.3, 0.4) is 0 Å². The predicted molar refractivity (Wildman–Crippen MR) is 97.0 cm³/mol. The van der Waals surface area contributed by atoms with Gasteiger partial charge in [0, 0.05) is 50.1 Å². The van der Waals surface area contributed by atoms with Crippen molar-refractivity contribution in [3.05, 3.63) is 47.0 Å². The van der Waals surface area contributed by atoms with Gasteiger partial charge < -0.3 is 9.47 Å². The quantitative estimate of drug-likeness (QED) is 0.704. The van der Waals surface area contributed by atoms with Crippen LogP contribution in [0, 0.1) is 0 Å². The number of ether oxygens (including phenoxy) is 2. The third kappa shape index (κ3) is 3.94. The molecule has 140 valence electrons. The maximum Gasteiger partial charge on any atom is 0.359 e. The molecule has 0 saturated heterocycles. The van der Waals surface area contributed by atoms with E-state index in [1.54, 1.807) is 13.3 Å². The van der Waals surface area contributed by atoms with Crippen LogP contribution < -0.4 is 0 Å². The number of esters is 1. The standard InChI is InChI=1S/C19H26N4O3/c1-4-26-19(24)18-16-12-22(14(2)13-25-3)10-8-17(16)23(21-18)11-15-7-5-6-9-20-15/h5-7,9,14H,4,8,10-13H2,1-3H3. The number of nitrogens with zero attached hydrogens (tertiary/aromatic N) is 4. The van der Waals surface area contributed by atoms with Crippen LogP contribution in [0.1, 0.15) is 41.3 Å². The molecule has 1 aliphatic heterocycles. The summed E-state index contributed by atoms with van der Waals surface area (Å²) in [5.41, 5.74) is 3.41. The first-order valence-electron chi connectivity index (χ1n) is 9.02. The van der Waals surface area contributed by atoms with E-state index in [4.69, 9.17) is 9.47 Å².